The second-order valence-electron chi connectivity index (χ2n) is 9.46. The molecule has 7 heteroatoms. The lowest BCUT2D eigenvalue weighted by molar-refractivity contribution is -0.133. The van der Waals surface area contributed by atoms with Crippen molar-refractivity contribution in [3.8, 4) is 0 Å². The van der Waals surface area contributed by atoms with Gasteiger partial charge in [0.25, 0.3) is 5.91 Å². The van der Waals surface area contributed by atoms with Crippen molar-refractivity contribution in [2.75, 3.05) is 26.4 Å². The number of carbonyl (C=O) groups excluding carboxylic acids is 2. The van der Waals surface area contributed by atoms with Gasteiger partial charge in [0.05, 0.1) is 18.0 Å². The molecule has 1 aromatic heterocycles. The number of nitrogens with zero attached hydrogens (tertiary/aromatic N) is 3. The summed E-state index contributed by atoms with van der Waals surface area (Å²) in [6.07, 6.45) is 4.19. The molecule has 2 aliphatic heterocycles. The average molecular weight is 485 g/mol. The Morgan fingerprint density at radius 3 is 2.14 bits per heavy atom. The Balaban J connectivity index is 1.37. The maximum Gasteiger partial charge on any atom is 0.326 e. The van der Waals surface area contributed by atoms with Gasteiger partial charge in [0.1, 0.15) is 0 Å². The van der Waals surface area contributed by atoms with Gasteiger partial charge < -0.3 is 10.1 Å². The minimum absolute atomic E-state index is 0.227. The Hall–Kier alpha value is -3.55. The van der Waals surface area contributed by atoms with E-state index in [1.807, 2.05) is 54.6 Å². The summed E-state index contributed by atoms with van der Waals surface area (Å²) in [6.45, 7) is 4.48. The van der Waals surface area contributed by atoms with E-state index in [2.05, 4.69) is 34.3 Å². The van der Waals surface area contributed by atoms with Crippen LogP contribution in [0.15, 0.2) is 85.1 Å². The standard InChI is InChI=1S/C29H32N4O3/c1-2-21-36-28(23-11-5-3-6-12-23)16-19-32(20-17-28)22-33-26(34)29(31-27(33)35,24-13-7-4-8-14-24)25-15-9-10-18-30-25/h3-15,18H,2,16-17,19-22H2,1H3,(H,31,35). The summed E-state index contributed by atoms with van der Waals surface area (Å²) in [5.41, 5.74) is 0.706. The number of nitrogens with one attached hydrogen (secondary N) is 1. The summed E-state index contributed by atoms with van der Waals surface area (Å²) in [5, 5.41) is 2.98. The number of piperidine rings is 1. The molecule has 186 valence electrons. The van der Waals surface area contributed by atoms with Gasteiger partial charge in [0, 0.05) is 25.9 Å². The van der Waals surface area contributed by atoms with Gasteiger partial charge in [-0.25, -0.2) is 9.69 Å². The van der Waals surface area contributed by atoms with Gasteiger partial charge in [-0.1, -0.05) is 73.7 Å². The Kier molecular flexibility index (Phi) is 6.85. The van der Waals surface area contributed by atoms with Gasteiger partial charge in [0.2, 0.25) is 0 Å². The van der Waals surface area contributed by atoms with Crippen molar-refractivity contribution in [3.63, 3.8) is 0 Å². The molecule has 0 aliphatic carbocycles. The molecule has 7 nitrogen and oxygen atoms in total. The van der Waals surface area contributed by atoms with E-state index >= 15 is 0 Å². The third-order valence-corrected chi connectivity index (χ3v) is 7.25. The number of benzene rings is 2. The third kappa shape index (κ3) is 4.29. The molecule has 1 unspecified atom stereocenters. The highest BCUT2D eigenvalue weighted by atomic mass is 16.5. The SMILES string of the molecule is CCCOC1(c2ccccc2)CCN(CN2C(=O)NC(c3ccccc3)(c3ccccn3)C2=O)CC1. The van der Waals surface area contributed by atoms with Crippen LogP contribution in [-0.4, -0.2) is 53.1 Å². The van der Waals surface area contributed by atoms with Crippen LogP contribution in [0.3, 0.4) is 0 Å². The number of hydrogen-bond acceptors (Lipinski definition) is 5. The first-order valence-electron chi connectivity index (χ1n) is 12.6. The predicted molar refractivity (Wildman–Crippen MR) is 137 cm³/mol. The largest absolute Gasteiger partial charge is 0.370 e. The van der Waals surface area contributed by atoms with E-state index in [-0.39, 0.29) is 18.2 Å². The first-order chi connectivity index (χ1) is 17.6. The highest BCUT2D eigenvalue weighted by Crippen LogP contribution is 2.38. The van der Waals surface area contributed by atoms with E-state index in [1.54, 1.807) is 18.3 Å². The molecule has 1 N–H and O–H groups in total. The van der Waals surface area contributed by atoms with Crippen LogP contribution in [0.4, 0.5) is 4.79 Å². The number of imide groups is 1. The molecular formula is C29H32N4O3. The predicted octanol–water partition coefficient (Wildman–Crippen LogP) is 4.25. The number of urea groups is 1. The van der Waals surface area contributed by atoms with Crippen molar-refractivity contribution >= 4 is 11.9 Å². The third-order valence-electron chi connectivity index (χ3n) is 7.25. The number of ether oxygens (including phenoxy) is 1. The van der Waals surface area contributed by atoms with Crippen molar-refractivity contribution in [1.29, 1.82) is 0 Å². The highest BCUT2D eigenvalue weighted by Gasteiger charge is 2.55. The number of hydrogen-bond donors (Lipinski definition) is 1. The quantitative estimate of drug-likeness (QED) is 0.484. The zero-order valence-corrected chi connectivity index (χ0v) is 20.6. The molecule has 0 spiro atoms. The zero-order chi connectivity index (χ0) is 25.0. The molecule has 0 bridgehead atoms. The minimum Gasteiger partial charge on any atom is -0.370 e. The van der Waals surface area contributed by atoms with E-state index in [4.69, 9.17) is 4.74 Å². The first kappa shape index (κ1) is 24.2. The molecule has 2 aromatic carbocycles. The fourth-order valence-electron chi connectivity index (χ4n) is 5.31. The molecule has 2 aliphatic rings. The van der Waals surface area contributed by atoms with Crippen molar-refractivity contribution in [2.45, 2.75) is 37.3 Å². The fourth-order valence-corrected chi connectivity index (χ4v) is 5.31. The van der Waals surface area contributed by atoms with Gasteiger partial charge >= 0.3 is 6.03 Å². The van der Waals surface area contributed by atoms with Crippen LogP contribution in [0.2, 0.25) is 0 Å². The monoisotopic (exact) mass is 484 g/mol. The van der Waals surface area contributed by atoms with E-state index < -0.39 is 11.6 Å². The first-order valence-corrected chi connectivity index (χ1v) is 12.6. The molecule has 5 rings (SSSR count). The van der Waals surface area contributed by atoms with Crippen LogP contribution in [0.5, 0.6) is 0 Å². The fraction of sp³-hybridized carbons (Fsp3) is 0.345. The second-order valence-corrected chi connectivity index (χ2v) is 9.46. The highest BCUT2D eigenvalue weighted by molar-refractivity contribution is 6.09. The number of rotatable bonds is 8. The maximum atomic E-state index is 14.0. The van der Waals surface area contributed by atoms with Gasteiger partial charge in [-0.3, -0.25) is 14.7 Å². The van der Waals surface area contributed by atoms with Crippen LogP contribution in [0.25, 0.3) is 0 Å². The number of carbonyl (C=O) groups is 2. The number of amides is 3. The average Bonchev–Trinajstić information content (AvgIpc) is 3.20. The Bertz CT molecular complexity index is 1140. The maximum absolute atomic E-state index is 14.0. The lowest BCUT2D eigenvalue weighted by Crippen LogP contribution is -2.50. The molecule has 0 radical (unpaired) electrons. The number of pyridine rings is 1. The van der Waals surface area contributed by atoms with E-state index in [9.17, 15) is 9.59 Å². The molecule has 3 amide bonds. The molecule has 0 saturated carbocycles. The van der Waals surface area contributed by atoms with Crippen molar-refractivity contribution in [1.82, 2.24) is 20.1 Å². The summed E-state index contributed by atoms with van der Waals surface area (Å²) in [4.78, 5) is 35.1. The van der Waals surface area contributed by atoms with Gasteiger partial charge in [-0.2, -0.15) is 0 Å². The Labute approximate surface area is 212 Å². The lowest BCUT2D eigenvalue weighted by atomic mass is 9.84. The normalized spacial score (nSPS) is 22.0. The van der Waals surface area contributed by atoms with E-state index in [0.29, 0.717) is 17.9 Å². The smallest absolute Gasteiger partial charge is 0.326 e. The van der Waals surface area contributed by atoms with Crippen LogP contribution in [-0.2, 0) is 20.7 Å². The van der Waals surface area contributed by atoms with E-state index in [0.717, 1.165) is 32.4 Å². The molecule has 2 saturated heterocycles. The lowest BCUT2D eigenvalue weighted by Gasteiger charge is -2.42. The van der Waals surface area contributed by atoms with Crippen LogP contribution in [0, 0.1) is 0 Å². The summed E-state index contributed by atoms with van der Waals surface area (Å²) < 4.78 is 6.42. The zero-order valence-electron chi connectivity index (χ0n) is 20.6. The van der Waals surface area contributed by atoms with Crippen molar-refractivity contribution in [3.05, 3.63) is 102 Å². The van der Waals surface area contributed by atoms with Gasteiger partial charge in [-0.05, 0) is 42.5 Å². The van der Waals surface area contributed by atoms with E-state index in [1.165, 1.54) is 10.5 Å². The molecule has 2 fully saturated rings. The molecule has 1 atom stereocenters. The molecular weight excluding hydrogens is 452 g/mol. The molecule has 3 aromatic rings. The Morgan fingerprint density at radius 1 is 0.889 bits per heavy atom. The Morgan fingerprint density at radius 2 is 1.53 bits per heavy atom. The van der Waals surface area contributed by atoms with Crippen LogP contribution >= 0.6 is 0 Å². The number of likely N-dealkylation sites (tertiary alicyclic amines) is 1. The number of aromatic nitrogens is 1. The summed E-state index contributed by atoms with van der Waals surface area (Å²) in [6, 6.07) is 24.7. The topological polar surface area (TPSA) is 74.8 Å². The summed E-state index contributed by atoms with van der Waals surface area (Å²) in [7, 11) is 0. The van der Waals surface area contributed by atoms with Crippen molar-refractivity contribution < 1.29 is 14.3 Å². The van der Waals surface area contributed by atoms with Gasteiger partial charge in [0.15, 0.2) is 5.54 Å². The second kappa shape index (κ2) is 10.2. The summed E-state index contributed by atoms with van der Waals surface area (Å²) >= 11 is 0. The molecule has 36 heavy (non-hydrogen) atoms. The minimum atomic E-state index is -1.34. The van der Waals surface area contributed by atoms with Crippen LogP contribution in [0.1, 0.15) is 43.0 Å². The summed E-state index contributed by atoms with van der Waals surface area (Å²) in [5.74, 6) is -0.306. The molecule has 3 heterocycles. The van der Waals surface area contributed by atoms with Crippen LogP contribution < -0.4 is 5.32 Å². The van der Waals surface area contributed by atoms with Gasteiger partial charge in [-0.15, -0.1) is 0 Å². The van der Waals surface area contributed by atoms with Crippen molar-refractivity contribution in [2.24, 2.45) is 0 Å².